The Bertz CT molecular complexity index is 1090. The van der Waals surface area contributed by atoms with Gasteiger partial charge in [0.2, 0.25) is 0 Å². The molecule has 3 aromatic carbocycles. The number of hydrogen-bond acceptors (Lipinski definition) is 3. The molecule has 5 rings (SSSR count). The monoisotopic (exact) mass is 432 g/mol. The van der Waals surface area contributed by atoms with E-state index in [0.29, 0.717) is 19.7 Å². The summed E-state index contributed by atoms with van der Waals surface area (Å²) in [4.78, 5) is 15.1. The molecule has 6 heteroatoms. The van der Waals surface area contributed by atoms with Gasteiger partial charge in [-0.2, -0.15) is 0 Å². The Kier molecular flexibility index (Phi) is 5.57. The summed E-state index contributed by atoms with van der Waals surface area (Å²) < 4.78 is 20.5. The van der Waals surface area contributed by atoms with Gasteiger partial charge in [0.1, 0.15) is 17.6 Å². The molecule has 2 heterocycles. The van der Waals surface area contributed by atoms with Crippen LogP contribution in [0.25, 0.3) is 11.1 Å². The third-order valence-electron chi connectivity index (χ3n) is 5.99. The molecular weight excluding hydrogens is 408 g/mol. The lowest BCUT2D eigenvalue weighted by atomic mass is 10.0. The van der Waals surface area contributed by atoms with E-state index in [1.807, 2.05) is 71.0 Å². The Morgan fingerprint density at radius 1 is 0.806 bits per heavy atom. The van der Waals surface area contributed by atoms with Crippen LogP contribution in [-0.2, 0) is 22.3 Å². The Hall–Kier alpha value is -2.96. The zero-order valence-electron chi connectivity index (χ0n) is 17.1. The number of benzene rings is 3. The number of para-hydroxylation sites is 1. The van der Waals surface area contributed by atoms with E-state index in [1.54, 1.807) is 4.90 Å². The number of carbonyl (C=O) groups excluding carboxylic acids is 1. The summed E-state index contributed by atoms with van der Waals surface area (Å²) in [6.07, 6.45) is 1.24. The Morgan fingerprint density at radius 2 is 1.45 bits per heavy atom. The second-order valence-electron chi connectivity index (χ2n) is 7.85. The van der Waals surface area contributed by atoms with Gasteiger partial charge < -0.3 is 4.74 Å². The number of cyclic esters (lactones) is 1. The van der Waals surface area contributed by atoms with E-state index in [-0.39, 0.29) is 12.1 Å². The van der Waals surface area contributed by atoms with Crippen molar-refractivity contribution in [1.82, 2.24) is 4.31 Å². The van der Waals surface area contributed by atoms with Crippen LogP contribution in [0.1, 0.15) is 18.4 Å². The van der Waals surface area contributed by atoms with Crippen LogP contribution in [0.3, 0.4) is 0 Å². The molecular formula is C25H24N2O3S. The fraction of sp³-hybridized carbons (Fsp3) is 0.240. The van der Waals surface area contributed by atoms with E-state index >= 15 is 0 Å². The predicted octanol–water partition coefficient (Wildman–Crippen LogP) is 5.00. The van der Waals surface area contributed by atoms with Gasteiger partial charge in [0.15, 0.2) is 0 Å². The molecule has 1 amide bonds. The summed E-state index contributed by atoms with van der Waals surface area (Å²) in [5, 5.41) is 0. The number of piperidine rings is 1. The Labute approximate surface area is 184 Å². The molecule has 0 aliphatic carbocycles. The van der Waals surface area contributed by atoms with Crippen molar-refractivity contribution in [3.63, 3.8) is 0 Å². The number of fused-ring (bicyclic) bond motifs is 1. The van der Waals surface area contributed by atoms with Gasteiger partial charge in [0.05, 0.1) is 10.6 Å². The second kappa shape index (κ2) is 8.65. The normalized spacial score (nSPS) is 18.3. The van der Waals surface area contributed by atoms with Gasteiger partial charge in [-0.1, -0.05) is 60.7 Å². The first-order chi connectivity index (χ1) is 15.2. The highest BCUT2D eigenvalue weighted by molar-refractivity contribution is 7.82. The minimum Gasteiger partial charge on any atom is -0.444 e. The maximum absolute atomic E-state index is 13.1. The van der Waals surface area contributed by atoms with Crippen LogP contribution in [0, 0.1) is 0 Å². The molecule has 3 aromatic rings. The molecule has 1 unspecified atom stereocenters. The number of nitrogens with zero attached hydrogens (tertiary/aromatic N) is 2. The summed E-state index contributed by atoms with van der Waals surface area (Å²) >= 11 is 0. The van der Waals surface area contributed by atoms with E-state index in [1.165, 1.54) is 0 Å². The first-order valence-electron chi connectivity index (χ1n) is 10.6. The highest BCUT2D eigenvalue weighted by atomic mass is 32.2. The molecule has 0 bridgehead atoms. The number of ether oxygens (including phenoxy) is 1. The minimum absolute atomic E-state index is 0.0580. The maximum Gasteiger partial charge on any atom is 0.414 e. The molecule has 0 spiro atoms. The van der Waals surface area contributed by atoms with Crippen LogP contribution >= 0.6 is 0 Å². The lowest BCUT2D eigenvalue weighted by Gasteiger charge is -2.39. The summed E-state index contributed by atoms with van der Waals surface area (Å²) in [6.45, 7) is 1.67. The van der Waals surface area contributed by atoms with Crippen LogP contribution in [0.4, 0.5) is 10.5 Å². The molecule has 0 aromatic heterocycles. The van der Waals surface area contributed by atoms with E-state index in [2.05, 4.69) is 12.1 Å². The SMILES string of the molecule is O=C1OCc2ccccc2N1C1CCN(S(=O)c2ccc(-c3ccccc3)cc2)CC1. The molecule has 1 saturated heterocycles. The molecule has 158 valence electrons. The van der Waals surface area contributed by atoms with E-state index in [9.17, 15) is 9.00 Å². The van der Waals surface area contributed by atoms with Gasteiger partial charge in [-0.25, -0.2) is 13.3 Å². The zero-order chi connectivity index (χ0) is 21.2. The fourth-order valence-corrected chi connectivity index (χ4v) is 5.54. The Morgan fingerprint density at radius 3 is 2.19 bits per heavy atom. The third kappa shape index (κ3) is 4.01. The first kappa shape index (κ1) is 20.0. The minimum atomic E-state index is -1.21. The van der Waals surface area contributed by atoms with E-state index in [0.717, 1.165) is 40.1 Å². The van der Waals surface area contributed by atoms with Crippen molar-refractivity contribution in [1.29, 1.82) is 0 Å². The van der Waals surface area contributed by atoms with Crippen molar-refractivity contribution in [3.8, 4) is 11.1 Å². The van der Waals surface area contributed by atoms with Crippen LogP contribution in [0.2, 0.25) is 0 Å². The highest BCUT2D eigenvalue weighted by Gasteiger charge is 2.35. The molecule has 1 atom stereocenters. The largest absolute Gasteiger partial charge is 0.444 e. The Balaban J connectivity index is 1.26. The van der Waals surface area contributed by atoms with Crippen molar-refractivity contribution >= 4 is 22.8 Å². The summed E-state index contributed by atoms with van der Waals surface area (Å²) in [6, 6.07) is 26.1. The topological polar surface area (TPSA) is 49.9 Å². The third-order valence-corrected chi connectivity index (χ3v) is 7.49. The van der Waals surface area contributed by atoms with Crippen LogP contribution in [0.15, 0.2) is 83.8 Å². The molecule has 0 radical (unpaired) electrons. The zero-order valence-corrected chi connectivity index (χ0v) is 18.0. The van der Waals surface area contributed by atoms with Gasteiger partial charge in [-0.15, -0.1) is 0 Å². The molecule has 2 aliphatic rings. The van der Waals surface area contributed by atoms with Gasteiger partial charge in [-0.05, 0) is 42.2 Å². The predicted molar refractivity (Wildman–Crippen MR) is 122 cm³/mol. The number of anilines is 1. The maximum atomic E-state index is 13.1. The van der Waals surface area contributed by atoms with E-state index < -0.39 is 11.0 Å². The number of hydrogen-bond donors (Lipinski definition) is 0. The molecule has 0 saturated carbocycles. The van der Waals surface area contributed by atoms with Crippen molar-refractivity contribution in [2.24, 2.45) is 0 Å². The van der Waals surface area contributed by atoms with Crippen LogP contribution < -0.4 is 4.90 Å². The summed E-state index contributed by atoms with van der Waals surface area (Å²) in [5.74, 6) is 0. The number of amides is 1. The molecule has 31 heavy (non-hydrogen) atoms. The summed E-state index contributed by atoms with van der Waals surface area (Å²) in [5.41, 5.74) is 4.23. The standard InChI is InChI=1S/C25H24N2O3S/c28-25-27(24-9-5-4-8-21(24)18-30-25)22-14-16-26(17-15-22)31(29)23-12-10-20(11-13-23)19-6-2-1-3-7-19/h1-13,22H,14-18H2. The van der Waals surface area contributed by atoms with Crippen molar-refractivity contribution in [3.05, 3.63) is 84.4 Å². The average molecular weight is 433 g/mol. The van der Waals surface area contributed by atoms with Crippen molar-refractivity contribution < 1.29 is 13.7 Å². The van der Waals surface area contributed by atoms with Crippen LogP contribution in [-0.4, -0.2) is 33.7 Å². The molecule has 0 N–H and O–H groups in total. The lowest BCUT2D eigenvalue weighted by Crippen LogP contribution is -2.49. The quantitative estimate of drug-likeness (QED) is 0.583. The average Bonchev–Trinajstić information content (AvgIpc) is 2.84. The van der Waals surface area contributed by atoms with Gasteiger partial charge in [0, 0.05) is 24.7 Å². The second-order valence-corrected chi connectivity index (χ2v) is 9.34. The van der Waals surface area contributed by atoms with Gasteiger partial charge >= 0.3 is 6.09 Å². The van der Waals surface area contributed by atoms with Crippen molar-refractivity contribution in [2.45, 2.75) is 30.4 Å². The smallest absolute Gasteiger partial charge is 0.414 e. The van der Waals surface area contributed by atoms with Gasteiger partial charge in [0.25, 0.3) is 0 Å². The molecule has 2 aliphatic heterocycles. The lowest BCUT2D eigenvalue weighted by molar-refractivity contribution is 0.136. The van der Waals surface area contributed by atoms with Crippen LogP contribution in [0.5, 0.6) is 0 Å². The first-order valence-corrected chi connectivity index (χ1v) is 11.7. The van der Waals surface area contributed by atoms with Gasteiger partial charge in [-0.3, -0.25) is 4.90 Å². The molecule has 5 nitrogen and oxygen atoms in total. The number of carbonyl (C=O) groups is 1. The highest BCUT2D eigenvalue weighted by Crippen LogP contribution is 2.32. The summed E-state index contributed by atoms with van der Waals surface area (Å²) in [7, 11) is -1.21. The molecule has 1 fully saturated rings. The van der Waals surface area contributed by atoms with Crippen molar-refractivity contribution in [2.75, 3.05) is 18.0 Å². The number of rotatable bonds is 4. The fourth-order valence-electron chi connectivity index (χ4n) is 4.33. The van der Waals surface area contributed by atoms with E-state index in [4.69, 9.17) is 4.74 Å².